The van der Waals surface area contributed by atoms with Gasteiger partial charge in [0.05, 0.1) is 26.4 Å². The van der Waals surface area contributed by atoms with E-state index in [4.69, 9.17) is 14.2 Å². The van der Waals surface area contributed by atoms with Crippen LogP contribution in [0, 0.1) is 6.92 Å². The van der Waals surface area contributed by atoms with E-state index in [1.807, 2.05) is 6.92 Å². The third kappa shape index (κ3) is 11.9. The Balaban J connectivity index is 2.76. The number of rotatable bonds is 10. The maximum Gasteiger partial charge on any atom is 0.0701 e. The first-order valence-corrected chi connectivity index (χ1v) is 4.94. The van der Waals surface area contributed by atoms with Gasteiger partial charge in [-0.2, -0.15) is 0 Å². The van der Waals surface area contributed by atoms with Gasteiger partial charge in [0.15, 0.2) is 0 Å². The largest absolute Gasteiger partial charge is 0.379 e. The van der Waals surface area contributed by atoms with E-state index in [9.17, 15) is 0 Å². The minimum absolute atomic E-state index is 0.657. The fourth-order valence-corrected chi connectivity index (χ4v) is 0.788. The van der Waals surface area contributed by atoms with Crippen molar-refractivity contribution in [2.45, 2.75) is 19.8 Å². The number of unbranched alkanes of at least 4 members (excludes halogenated alkanes) is 1. The smallest absolute Gasteiger partial charge is 0.0701 e. The van der Waals surface area contributed by atoms with E-state index in [1.165, 1.54) is 0 Å². The molecule has 3 nitrogen and oxygen atoms in total. The molecule has 0 fully saturated rings. The second kappa shape index (κ2) is 11.9. The van der Waals surface area contributed by atoms with Crippen LogP contribution in [0.4, 0.5) is 0 Å². The molecule has 79 valence electrons. The van der Waals surface area contributed by atoms with Gasteiger partial charge in [0.25, 0.3) is 0 Å². The second-order valence-corrected chi connectivity index (χ2v) is 2.63. The normalized spacial score (nSPS) is 10.6. The van der Waals surface area contributed by atoms with Crippen LogP contribution in [0.25, 0.3) is 0 Å². The molecule has 0 aromatic rings. The Labute approximate surface area is 81.4 Å². The van der Waals surface area contributed by atoms with Crippen molar-refractivity contribution >= 4 is 0 Å². The maximum absolute atomic E-state index is 5.27. The third-order valence-corrected chi connectivity index (χ3v) is 1.49. The molecule has 0 amide bonds. The highest BCUT2D eigenvalue weighted by molar-refractivity contribution is 4.39. The minimum Gasteiger partial charge on any atom is -0.379 e. The average Bonchev–Trinajstić information content (AvgIpc) is 2.16. The zero-order valence-electron chi connectivity index (χ0n) is 8.59. The molecule has 0 saturated carbocycles. The molecule has 0 unspecified atom stereocenters. The molecule has 1 radical (unpaired) electrons. The molecule has 0 bridgehead atoms. The van der Waals surface area contributed by atoms with Gasteiger partial charge in [-0.25, -0.2) is 0 Å². The van der Waals surface area contributed by atoms with Crippen LogP contribution >= 0.6 is 0 Å². The van der Waals surface area contributed by atoms with Crippen LogP contribution in [0.3, 0.4) is 0 Å². The summed E-state index contributed by atoms with van der Waals surface area (Å²) in [5.74, 6) is 0. The first-order chi connectivity index (χ1) is 6.41. The lowest BCUT2D eigenvalue weighted by Gasteiger charge is -2.05. The Morgan fingerprint density at radius 2 is 1.38 bits per heavy atom. The van der Waals surface area contributed by atoms with Crippen LogP contribution in [-0.4, -0.2) is 39.6 Å². The molecule has 0 saturated heterocycles. The minimum atomic E-state index is 0.657. The SMILES string of the molecule is [CH2]CCCOCCOCCOCC. The van der Waals surface area contributed by atoms with Gasteiger partial charge in [0.2, 0.25) is 0 Å². The molecule has 0 rings (SSSR count). The molecule has 0 aliphatic heterocycles. The third-order valence-electron chi connectivity index (χ3n) is 1.49. The number of hydrogen-bond donors (Lipinski definition) is 0. The Hall–Kier alpha value is -0.120. The first kappa shape index (κ1) is 12.9. The maximum atomic E-state index is 5.27. The predicted octanol–water partition coefficient (Wildman–Crippen LogP) is 1.67. The summed E-state index contributed by atoms with van der Waals surface area (Å²) in [5.41, 5.74) is 0. The van der Waals surface area contributed by atoms with E-state index in [0.29, 0.717) is 26.4 Å². The lowest BCUT2D eigenvalue weighted by atomic mass is 10.4. The highest BCUT2D eigenvalue weighted by atomic mass is 16.5. The van der Waals surface area contributed by atoms with E-state index in [1.54, 1.807) is 0 Å². The van der Waals surface area contributed by atoms with Crippen molar-refractivity contribution in [3.05, 3.63) is 6.92 Å². The quantitative estimate of drug-likeness (QED) is 0.489. The zero-order chi connectivity index (χ0) is 9.78. The van der Waals surface area contributed by atoms with Gasteiger partial charge in [-0.3, -0.25) is 0 Å². The van der Waals surface area contributed by atoms with E-state index in [2.05, 4.69) is 6.92 Å². The molecule has 0 atom stereocenters. The van der Waals surface area contributed by atoms with Crippen LogP contribution in [0.2, 0.25) is 0 Å². The van der Waals surface area contributed by atoms with Crippen LogP contribution < -0.4 is 0 Å². The van der Waals surface area contributed by atoms with Crippen LogP contribution in [-0.2, 0) is 14.2 Å². The van der Waals surface area contributed by atoms with E-state index < -0.39 is 0 Å². The lowest BCUT2D eigenvalue weighted by molar-refractivity contribution is 0.0166. The number of ether oxygens (including phenoxy) is 3. The Kier molecular flexibility index (Phi) is 11.8. The summed E-state index contributed by atoms with van der Waals surface area (Å²) in [6.07, 6.45) is 1.96. The summed E-state index contributed by atoms with van der Waals surface area (Å²) in [6.45, 7) is 9.91. The van der Waals surface area contributed by atoms with Crippen molar-refractivity contribution in [3.63, 3.8) is 0 Å². The van der Waals surface area contributed by atoms with E-state index >= 15 is 0 Å². The molecule has 0 aromatic heterocycles. The standard InChI is InChI=1S/C10H21O3/c1-3-5-6-12-9-10-13-8-7-11-4-2/h1,3-10H2,2H3. The summed E-state index contributed by atoms with van der Waals surface area (Å²) in [4.78, 5) is 0. The highest BCUT2D eigenvalue weighted by Crippen LogP contribution is 1.87. The van der Waals surface area contributed by atoms with Gasteiger partial charge in [-0.15, -0.1) is 0 Å². The molecule has 0 spiro atoms. The van der Waals surface area contributed by atoms with Gasteiger partial charge < -0.3 is 14.2 Å². The summed E-state index contributed by atoms with van der Waals surface area (Å²) in [6, 6.07) is 0. The fourth-order valence-electron chi connectivity index (χ4n) is 0.788. The van der Waals surface area contributed by atoms with Gasteiger partial charge in [0, 0.05) is 13.2 Å². The van der Waals surface area contributed by atoms with Crippen LogP contribution in [0.1, 0.15) is 19.8 Å². The fraction of sp³-hybridized carbons (Fsp3) is 0.900. The van der Waals surface area contributed by atoms with Crippen molar-refractivity contribution in [1.82, 2.24) is 0 Å². The summed E-state index contributed by atoms with van der Waals surface area (Å²) >= 11 is 0. The molecule has 3 heteroatoms. The Morgan fingerprint density at radius 3 is 1.92 bits per heavy atom. The van der Waals surface area contributed by atoms with E-state index in [-0.39, 0.29) is 0 Å². The zero-order valence-corrected chi connectivity index (χ0v) is 8.59. The molecule has 0 aliphatic rings. The van der Waals surface area contributed by atoms with Crippen molar-refractivity contribution in [2.24, 2.45) is 0 Å². The van der Waals surface area contributed by atoms with Crippen molar-refractivity contribution in [1.29, 1.82) is 0 Å². The Bertz CT molecular complexity index is 76.2. The van der Waals surface area contributed by atoms with E-state index in [0.717, 1.165) is 26.1 Å². The highest BCUT2D eigenvalue weighted by Gasteiger charge is 1.89. The lowest BCUT2D eigenvalue weighted by Crippen LogP contribution is -2.09. The monoisotopic (exact) mass is 189 g/mol. The van der Waals surface area contributed by atoms with Crippen molar-refractivity contribution in [2.75, 3.05) is 39.6 Å². The molecule has 13 heavy (non-hydrogen) atoms. The molecular formula is C10H21O3. The molecular weight excluding hydrogens is 168 g/mol. The van der Waals surface area contributed by atoms with Gasteiger partial charge in [0.1, 0.15) is 0 Å². The van der Waals surface area contributed by atoms with Crippen molar-refractivity contribution < 1.29 is 14.2 Å². The molecule has 0 aliphatic carbocycles. The molecule has 0 aromatic carbocycles. The number of hydrogen-bond acceptors (Lipinski definition) is 3. The van der Waals surface area contributed by atoms with Crippen molar-refractivity contribution in [3.8, 4) is 0 Å². The topological polar surface area (TPSA) is 27.7 Å². The molecule has 0 N–H and O–H groups in total. The average molecular weight is 189 g/mol. The predicted molar refractivity (Wildman–Crippen MR) is 52.7 cm³/mol. The summed E-state index contributed by atoms with van der Waals surface area (Å²) in [7, 11) is 0. The van der Waals surface area contributed by atoms with Gasteiger partial charge in [-0.1, -0.05) is 13.3 Å². The van der Waals surface area contributed by atoms with Gasteiger partial charge in [-0.05, 0) is 13.3 Å². The summed E-state index contributed by atoms with van der Waals surface area (Å²) in [5, 5.41) is 0. The van der Waals surface area contributed by atoms with Gasteiger partial charge >= 0.3 is 0 Å². The Morgan fingerprint density at radius 1 is 0.846 bits per heavy atom. The summed E-state index contributed by atoms with van der Waals surface area (Å²) < 4.78 is 15.6. The molecule has 0 heterocycles. The second-order valence-electron chi connectivity index (χ2n) is 2.63. The van der Waals surface area contributed by atoms with Crippen LogP contribution in [0.15, 0.2) is 0 Å². The van der Waals surface area contributed by atoms with Crippen LogP contribution in [0.5, 0.6) is 0 Å². The first-order valence-electron chi connectivity index (χ1n) is 4.94.